The number of aliphatic hydroxyl groups is 1. The lowest BCUT2D eigenvalue weighted by Crippen LogP contribution is -2.08. The molecule has 1 atom stereocenters. The maximum atomic E-state index is 9.75. The molecular formula is C9H12N4O. The second-order valence-electron chi connectivity index (χ2n) is 3.08. The molecular weight excluding hydrogens is 180 g/mol. The summed E-state index contributed by atoms with van der Waals surface area (Å²) >= 11 is 0. The van der Waals surface area contributed by atoms with Gasteiger partial charge in [-0.05, 0) is 13.0 Å². The predicted molar refractivity (Wildman–Crippen MR) is 51.6 cm³/mol. The third-order valence-electron chi connectivity index (χ3n) is 2.13. The molecule has 14 heavy (non-hydrogen) atoms. The van der Waals surface area contributed by atoms with Crippen LogP contribution in [-0.4, -0.2) is 26.0 Å². The van der Waals surface area contributed by atoms with Gasteiger partial charge >= 0.3 is 0 Å². The van der Waals surface area contributed by atoms with Gasteiger partial charge in [0.15, 0.2) is 5.65 Å². The highest BCUT2D eigenvalue weighted by Gasteiger charge is 2.11. The molecule has 0 aromatic carbocycles. The van der Waals surface area contributed by atoms with E-state index < -0.39 is 6.10 Å². The summed E-state index contributed by atoms with van der Waals surface area (Å²) < 4.78 is 1.81. The first kappa shape index (κ1) is 9.11. The topological polar surface area (TPSA) is 76.4 Å². The fourth-order valence-corrected chi connectivity index (χ4v) is 1.41. The van der Waals surface area contributed by atoms with E-state index >= 15 is 0 Å². The van der Waals surface area contributed by atoms with Crippen LogP contribution in [0.15, 0.2) is 24.8 Å². The highest BCUT2D eigenvalue weighted by molar-refractivity contribution is 5.37. The van der Waals surface area contributed by atoms with Gasteiger partial charge in [0.1, 0.15) is 0 Å². The number of hydrogen-bond donors (Lipinski definition) is 2. The van der Waals surface area contributed by atoms with Gasteiger partial charge in [-0.2, -0.15) is 0 Å². The summed E-state index contributed by atoms with van der Waals surface area (Å²) in [5, 5.41) is 9.75. The summed E-state index contributed by atoms with van der Waals surface area (Å²) in [7, 11) is 0. The Morgan fingerprint density at radius 1 is 1.50 bits per heavy atom. The van der Waals surface area contributed by atoms with Crippen LogP contribution in [0.2, 0.25) is 0 Å². The van der Waals surface area contributed by atoms with Crippen LogP contribution < -0.4 is 5.73 Å². The zero-order chi connectivity index (χ0) is 9.97. The summed E-state index contributed by atoms with van der Waals surface area (Å²) in [5.74, 6) is 0. The number of aliphatic hydroxyl groups excluding tert-OH is 1. The summed E-state index contributed by atoms with van der Waals surface area (Å²) in [6.07, 6.45) is 6.72. The minimum Gasteiger partial charge on any atom is -0.387 e. The van der Waals surface area contributed by atoms with E-state index in [-0.39, 0.29) is 0 Å². The number of nitrogens with zero attached hydrogens (tertiary/aromatic N) is 3. The summed E-state index contributed by atoms with van der Waals surface area (Å²) in [5.41, 5.74) is 6.87. The van der Waals surface area contributed by atoms with Crippen molar-refractivity contribution in [3.8, 4) is 0 Å². The fraction of sp³-hybridized carbons (Fsp3) is 0.333. The fourth-order valence-electron chi connectivity index (χ4n) is 1.41. The Labute approximate surface area is 81.2 Å². The van der Waals surface area contributed by atoms with E-state index in [1.54, 1.807) is 24.8 Å². The molecule has 74 valence electrons. The van der Waals surface area contributed by atoms with Crippen molar-refractivity contribution in [1.82, 2.24) is 14.4 Å². The molecule has 0 saturated carbocycles. The summed E-state index contributed by atoms with van der Waals surface area (Å²) in [6, 6.07) is 0. The molecule has 2 heterocycles. The van der Waals surface area contributed by atoms with Crippen molar-refractivity contribution >= 4 is 5.65 Å². The highest BCUT2D eigenvalue weighted by Crippen LogP contribution is 2.16. The van der Waals surface area contributed by atoms with E-state index in [2.05, 4.69) is 9.97 Å². The Morgan fingerprint density at radius 2 is 2.36 bits per heavy atom. The normalized spacial score (nSPS) is 13.3. The Morgan fingerprint density at radius 3 is 3.14 bits per heavy atom. The molecule has 0 spiro atoms. The van der Waals surface area contributed by atoms with Crippen LogP contribution in [-0.2, 0) is 0 Å². The first-order chi connectivity index (χ1) is 6.83. The van der Waals surface area contributed by atoms with Crippen molar-refractivity contribution in [1.29, 1.82) is 0 Å². The third kappa shape index (κ3) is 1.47. The van der Waals surface area contributed by atoms with Gasteiger partial charge in [0.2, 0.25) is 0 Å². The second-order valence-corrected chi connectivity index (χ2v) is 3.08. The smallest absolute Gasteiger partial charge is 0.155 e. The Balaban J connectivity index is 2.42. The first-order valence-corrected chi connectivity index (χ1v) is 4.48. The molecule has 0 aliphatic carbocycles. The summed E-state index contributed by atoms with van der Waals surface area (Å²) in [6.45, 7) is 0.458. The molecule has 0 aliphatic heterocycles. The monoisotopic (exact) mass is 192 g/mol. The van der Waals surface area contributed by atoms with Crippen molar-refractivity contribution < 1.29 is 5.11 Å². The maximum Gasteiger partial charge on any atom is 0.155 e. The Hall–Kier alpha value is -1.46. The number of fused-ring (bicyclic) bond motifs is 1. The van der Waals surface area contributed by atoms with Gasteiger partial charge in [0.25, 0.3) is 0 Å². The van der Waals surface area contributed by atoms with Crippen molar-refractivity contribution in [2.75, 3.05) is 6.54 Å². The minimum absolute atomic E-state index is 0.458. The van der Waals surface area contributed by atoms with E-state index in [0.29, 0.717) is 13.0 Å². The number of nitrogens with two attached hydrogens (primary N) is 1. The minimum atomic E-state index is -0.558. The van der Waals surface area contributed by atoms with E-state index in [1.807, 2.05) is 4.40 Å². The van der Waals surface area contributed by atoms with Gasteiger partial charge in [-0.1, -0.05) is 0 Å². The van der Waals surface area contributed by atoms with Crippen molar-refractivity contribution in [2.24, 2.45) is 5.73 Å². The quantitative estimate of drug-likeness (QED) is 0.723. The molecule has 0 bridgehead atoms. The zero-order valence-electron chi connectivity index (χ0n) is 7.67. The van der Waals surface area contributed by atoms with Crippen LogP contribution in [0.3, 0.4) is 0 Å². The number of imidazole rings is 1. The molecule has 0 amide bonds. The number of hydrogen-bond acceptors (Lipinski definition) is 4. The van der Waals surface area contributed by atoms with Crippen LogP contribution in [0.5, 0.6) is 0 Å². The largest absolute Gasteiger partial charge is 0.387 e. The molecule has 5 heteroatoms. The standard InChI is InChI=1S/C9H12N4O/c10-2-1-8(14)7-5-12-9-6-11-3-4-13(7)9/h3-6,8,14H,1-2,10H2/t8-/m1/s1. The van der Waals surface area contributed by atoms with E-state index in [9.17, 15) is 5.11 Å². The lowest BCUT2D eigenvalue weighted by Gasteiger charge is -2.07. The lowest BCUT2D eigenvalue weighted by atomic mass is 10.2. The lowest BCUT2D eigenvalue weighted by molar-refractivity contribution is 0.164. The molecule has 2 aromatic rings. The van der Waals surface area contributed by atoms with Crippen molar-refractivity contribution in [3.63, 3.8) is 0 Å². The molecule has 0 saturated heterocycles. The number of aromatic nitrogens is 3. The molecule has 0 radical (unpaired) electrons. The first-order valence-electron chi connectivity index (χ1n) is 4.48. The van der Waals surface area contributed by atoms with Crippen LogP contribution in [0, 0.1) is 0 Å². The average molecular weight is 192 g/mol. The molecule has 0 aliphatic rings. The van der Waals surface area contributed by atoms with Gasteiger partial charge in [0, 0.05) is 12.4 Å². The van der Waals surface area contributed by atoms with Crippen LogP contribution in [0.25, 0.3) is 5.65 Å². The Kier molecular flexibility index (Phi) is 2.43. The van der Waals surface area contributed by atoms with E-state index in [0.717, 1.165) is 11.3 Å². The van der Waals surface area contributed by atoms with Crippen molar-refractivity contribution in [2.45, 2.75) is 12.5 Å². The summed E-state index contributed by atoms with van der Waals surface area (Å²) in [4.78, 5) is 8.06. The van der Waals surface area contributed by atoms with Gasteiger partial charge in [0.05, 0.1) is 24.2 Å². The molecule has 3 N–H and O–H groups in total. The van der Waals surface area contributed by atoms with Gasteiger partial charge < -0.3 is 10.8 Å². The van der Waals surface area contributed by atoms with Crippen LogP contribution in [0.4, 0.5) is 0 Å². The van der Waals surface area contributed by atoms with Crippen LogP contribution in [0.1, 0.15) is 18.2 Å². The molecule has 2 aromatic heterocycles. The van der Waals surface area contributed by atoms with Crippen molar-refractivity contribution in [3.05, 3.63) is 30.5 Å². The second kappa shape index (κ2) is 3.73. The van der Waals surface area contributed by atoms with Gasteiger partial charge in [-0.25, -0.2) is 4.98 Å². The third-order valence-corrected chi connectivity index (χ3v) is 2.13. The number of rotatable bonds is 3. The molecule has 0 unspecified atom stereocenters. The highest BCUT2D eigenvalue weighted by atomic mass is 16.3. The SMILES string of the molecule is NCC[C@@H](O)c1cnc2cnccn12. The molecule has 5 nitrogen and oxygen atoms in total. The Bertz CT molecular complexity index is 425. The van der Waals surface area contributed by atoms with Gasteiger partial charge in [-0.3, -0.25) is 9.38 Å². The van der Waals surface area contributed by atoms with Crippen LogP contribution >= 0.6 is 0 Å². The average Bonchev–Trinajstić information content (AvgIpc) is 2.61. The molecule has 0 fully saturated rings. The molecule has 2 rings (SSSR count). The zero-order valence-corrected chi connectivity index (χ0v) is 7.67. The van der Waals surface area contributed by atoms with Gasteiger partial charge in [-0.15, -0.1) is 0 Å². The van der Waals surface area contributed by atoms with E-state index in [4.69, 9.17) is 5.73 Å². The predicted octanol–water partition coefficient (Wildman–Crippen LogP) is 0.112. The van der Waals surface area contributed by atoms with E-state index in [1.165, 1.54) is 0 Å². The maximum absolute atomic E-state index is 9.75.